The highest BCUT2D eigenvalue weighted by Crippen LogP contribution is 2.49. The van der Waals surface area contributed by atoms with E-state index in [2.05, 4.69) is 328 Å². The predicted octanol–water partition coefficient (Wildman–Crippen LogP) is 30.5. The Morgan fingerprint density at radius 2 is 0.457 bits per heavy atom. The number of nitrogens with zero attached hydrogens (tertiary/aromatic N) is 6. The van der Waals surface area contributed by atoms with Crippen LogP contribution in [-0.4, -0.2) is 29.9 Å². The van der Waals surface area contributed by atoms with Gasteiger partial charge in [-0.2, -0.15) is 0 Å². The SMILES string of the molecule is c1ccc(-c2nc(-c3cccc(-c4cccc5sc6ccc(-c7cc8c(-c9ccc%10sc%11ccc(-c%12nc(-c%13ccccc%13)nc(-c%13cccc(-c%14cccc%15sc%16ccc(-c%17cc%18ccccc%18c%18ccccc%17%18)cc%16c%14%15)c%13)n%12)cc%11c%10c9)cccc8c8ccccc78)cc6c45)c3)nc(-c3ccc4c(c3)sc3ccccc34)n2)cc1. The first-order chi connectivity index (χ1) is 57.4. The van der Waals surface area contributed by atoms with Crippen molar-refractivity contribution in [2.45, 2.75) is 0 Å². The maximum Gasteiger partial charge on any atom is 0.164 e. The number of thiophene rings is 4. The van der Waals surface area contributed by atoms with Crippen molar-refractivity contribution in [1.82, 2.24) is 29.9 Å². The summed E-state index contributed by atoms with van der Waals surface area (Å²) in [6.45, 7) is 0. The van der Waals surface area contributed by atoms with E-state index in [0.717, 1.165) is 66.6 Å². The van der Waals surface area contributed by atoms with Crippen molar-refractivity contribution in [3.8, 4) is 124 Å². The number of benzene rings is 18. The molecule has 0 N–H and O–H groups in total. The van der Waals surface area contributed by atoms with Crippen molar-refractivity contribution < 1.29 is 0 Å². The van der Waals surface area contributed by atoms with E-state index < -0.39 is 0 Å². The van der Waals surface area contributed by atoms with Crippen molar-refractivity contribution >= 4 is 169 Å². The molecule has 538 valence electrons. The molecule has 0 aliphatic carbocycles. The molecule has 0 saturated carbocycles. The van der Waals surface area contributed by atoms with Crippen molar-refractivity contribution in [2.75, 3.05) is 0 Å². The van der Waals surface area contributed by atoms with Gasteiger partial charge in [0, 0.05) is 114 Å². The van der Waals surface area contributed by atoms with E-state index in [4.69, 9.17) is 29.9 Å². The van der Waals surface area contributed by atoms with Crippen molar-refractivity contribution in [1.29, 1.82) is 0 Å². The van der Waals surface area contributed by atoms with Crippen LogP contribution in [0, 0.1) is 0 Å². The number of hydrogen-bond acceptors (Lipinski definition) is 10. The molecule has 0 bridgehead atoms. The lowest BCUT2D eigenvalue weighted by Crippen LogP contribution is -2.00. The van der Waals surface area contributed by atoms with Gasteiger partial charge in [-0.1, -0.05) is 261 Å². The molecule has 0 unspecified atom stereocenters. The number of hydrogen-bond donors (Lipinski definition) is 0. The van der Waals surface area contributed by atoms with Gasteiger partial charge in [0.25, 0.3) is 0 Å². The van der Waals surface area contributed by atoms with Gasteiger partial charge in [-0.15, -0.1) is 45.3 Å². The molecule has 10 heteroatoms. The van der Waals surface area contributed by atoms with Gasteiger partial charge in [0.2, 0.25) is 0 Å². The fourth-order valence-electron chi connectivity index (χ4n) is 17.7. The summed E-state index contributed by atoms with van der Waals surface area (Å²) in [6.07, 6.45) is 0. The molecule has 6 nitrogen and oxygen atoms in total. The van der Waals surface area contributed by atoms with E-state index in [1.165, 1.54) is 146 Å². The molecule has 0 fully saturated rings. The first-order valence-corrected chi connectivity index (χ1v) is 42.2. The van der Waals surface area contributed by atoms with Crippen LogP contribution in [-0.2, 0) is 0 Å². The Hall–Kier alpha value is -14.1. The van der Waals surface area contributed by atoms with Crippen LogP contribution >= 0.6 is 45.3 Å². The summed E-state index contributed by atoms with van der Waals surface area (Å²) in [5, 5.41) is 19.6. The minimum absolute atomic E-state index is 0.613. The van der Waals surface area contributed by atoms with Gasteiger partial charge in [-0.25, -0.2) is 29.9 Å². The molecule has 0 saturated heterocycles. The first-order valence-electron chi connectivity index (χ1n) is 38.9. The maximum absolute atomic E-state index is 5.43. The lowest BCUT2D eigenvalue weighted by Gasteiger charge is -2.15. The number of aromatic nitrogens is 6. The van der Waals surface area contributed by atoms with Gasteiger partial charge < -0.3 is 0 Å². The molecule has 6 heterocycles. The zero-order valence-electron chi connectivity index (χ0n) is 62.0. The Morgan fingerprint density at radius 1 is 0.138 bits per heavy atom. The van der Waals surface area contributed by atoms with Gasteiger partial charge in [-0.05, 0) is 202 Å². The van der Waals surface area contributed by atoms with Crippen LogP contribution in [0.1, 0.15) is 0 Å². The predicted molar refractivity (Wildman–Crippen MR) is 495 cm³/mol. The Morgan fingerprint density at radius 3 is 1.03 bits per heavy atom. The molecule has 0 atom stereocenters. The molecule has 6 aromatic heterocycles. The van der Waals surface area contributed by atoms with E-state index in [0.29, 0.717) is 34.9 Å². The fraction of sp³-hybridized carbons (Fsp3) is 0. The number of fused-ring (bicyclic) bond motifs is 18. The van der Waals surface area contributed by atoms with Gasteiger partial charge in [0.05, 0.1) is 0 Å². The van der Waals surface area contributed by atoms with Crippen molar-refractivity contribution in [3.05, 3.63) is 364 Å². The lowest BCUT2D eigenvalue weighted by molar-refractivity contribution is 1.07. The average molecular weight is 1550 g/mol. The highest BCUT2D eigenvalue weighted by molar-refractivity contribution is 7.27. The molecule has 24 rings (SSSR count). The third kappa shape index (κ3) is 11.1. The molecular formula is C106H60N6S4. The Kier molecular flexibility index (Phi) is 15.4. The quantitative estimate of drug-likeness (QED) is 0.120. The second-order valence-corrected chi connectivity index (χ2v) is 34.2. The highest BCUT2D eigenvalue weighted by Gasteiger charge is 2.23. The molecule has 0 aliphatic heterocycles. The summed E-state index contributed by atoms with van der Waals surface area (Å²) in [4.78, 5) is 31.7. The Labute approximate surface area is 681 Å². The largest absolute Gasteiger partial charge is 0.208 e. The van der Waals surface area contributed by atoms with Gasteiger partial charge in [0.1, 0.15) is 0 Å². The Balaban J connectivity index is 0.588. The highest BCUT2D eigenvalue weighted by atomic mass is 32.1. The van der Waals surface area contributed by atoms with Crippen LogP contribution in [0.2, 0.25) is 0 Å². The van der Waals surface area contributed by atoms with Crippen molar-refractivity contribution in [2.24, 2.45) is 0 Å². The summed E-state index contributed by atoms with van der Waals surface area (Å²) in [7, 11) is 0. The maximum atomic E-state index is 5.43. The monoisotopic (exact) mass is 1540 g/mol. The summed E-state index contributed by atoms with van der Waals surface area (Å²) in [5.41, 5.74) is 17.2. The molecule has 116 heavy (non-hydrogen) atoms. The topological polar surface area (TPSA) is 77.3 Å². The second-order valence-electron chi connectivity index (χ2n) is 29.9. The zero-order chi connectivity index (χ0) is 76.1. The van der Waals surface area contributed by atoms with Crippen LogP contribution < -0.4 is 0 Å². The standard InChI is InChI=1S/C106H60N6S4/c1-3-20-61(21-4-1)101-107-103(69-27-15-25-63(52-69)75-36-18-40-96-99(75)89-56-67(44-49-94(89)114-96)84-54-65-24-7-8-29-73(65)77-30-9-11-32-79(77)84)111-105(109-101)71-46-51-93-88(58-71)87-55-66(43-48-92(87)113-93)74-35-17-38-81-78-31-10-12-33-80(78)85(60-86(74)81)68-45-50-95-90(57-68)100-76(37-19-41-97(100)115-95)64-26-16-28-70(53-64)104-108-102(62-22-5-2-6-23-62)110-106(112-104)72-42-47-83-82-34-13-14-39-91(82)116-98(83)59-72/h1-60H. The first kappa shape index (κ1) is 66.5. The third-order valence-corrected chi connectivity index (χ3v) is 27.7. The molecule has 18 aromatic carbocycles. The van der Waals surface area contributed by atoms with E-state index in [-0.39, 0.29) is 0 Å². The summed E-state index contributed by atoms with van der Waals surface area (Å²) >= 11 is 7.31. The van der Waals surface area contributed by atoms with Crippen LogP contribution in [0.5, 0.6) is 0 Å². The van der Waals surface area contributed by atoms with Gasteiger partial charge >= 0.3 is 0 Å². The molecule has 0 spiro atoms. The van der Waals surface area contributed by atoms with E-state index in [1.807, 2.05) is 70.4 Å². The summed E-state index contributed by atoms with van der Waals surface area (Å²) < 4.78 is 9.85. The van der Waals surface area contributed by atoms with Crippen LogP contribution in [0.15, 0.2) is 364 Å². The minimum Gasteiger partial charge on any atom is -0.208 e. The smallest absolute Gasteiger partial charge is 0.164 e. The lowest BCUT2D eigenvalue weighted by atomic mass is 9.89. The van der Waals surface area contributed by atoms with E-state index in [9.17, 15) is 0 Å². The molecule has 0 amide bonds. The number of rotatable bonds is 11. The molecule has 24 aromatic rings. The summed E-state index contributed by atoms with van der Waals surface area (Å²) in [5.74, 6) is 3.75. The average Bonchev–Trinajstić information content (AvgIpc) is 1.23. The summed E-state index contributed by atoms with van der Waals surface area (Å²) in [6, 6.07) is 133. The second kappa shape index (κ2) is 26.8. The van der Waals surface area contributed by atoms with Crippen LogP contribution in [0.25, 0.3) is 248 Å². The van der Waals surface area contributed by atoms with Crippen LogP contribution in [0.4, 0.5) is 0 Å². The fourth-order valence-corrected chi connectivity index (χ4v) is 22.1. The zero-order valence-corrected chi connectivity index (χ0v) is 65.2. The third-order valence-electron chi connectivity index (χ3n) is 23.2. The van der Waals surface area contributed by atoms with Gasteiger partial charge in [0.15, 0.2) is 34.9 Å². The molecule has 0 aliphatic rings. The molecule has 0 radical (unpaired) electrons. The van der Waals surface area contributed by atoms with Gasteiger partial charge in [-0.3, -0.25) is 0 Å². The minimum atomic E-state index is 0.613. The normalized spacial score (nSPS) is 12.0. The molecular weight excluding hydrogens is 1490 g/mol. The van der Waals surface area contributed by atoms with Crippen molar-refractivity contribution in [3.63, 3.8) is 0 Å². The van der Waals surface area contributed by atoms with E-state index >= 15 is 0 Å². The Bertz CT molecular complexity index is 8240. The van der Waals surface area contributed by atoms with E-state index in [1.54, 1.807) is 11.3 Å². The van der Waals surface area contributed by atoms with Crippen LogP contribution in [0.3, 0.4) is 0 Å².